The summed E-state index contributed by atoms with van der Waals surface area (Å²) >= 11 is 0. The first-order chi connectivity index (χ1) is 8.74. The van der Waals surface area contributed by atoms with Gasteiger partial charge in [-0.05, 0) is 43.9 Å². The Labute approximate surface area is 109 Å². The molecule has 18 heavy (non-hydrogen) atoms. The van der Waals surface area contributed by atoms with Gasteiger partial charge in [0.2, 0.25) is 0 Å². The zero-order chi connectivity index (χ0) is 13.0. The molecule has 1 saturated heterocycles. The maximum atomic E-state index is 9.41. The van der Waals surface area contributed by atoms with Crippen molar-refractivity contribution >= 4 is 5.69 Å². The molecule has 1 aromatic rings. The van der Waals surface area contributed by atoms with Crippen molar-refractivity contribution in [2.75, 3.05) is 24.6 Å². The van der Waals surface area contributed by atoms with Gasteiger partial charge in [-0.1, -0.05) is 6.92 Å². The summed E-state index contributed by atoms with van der Waals surface area (Å²) in [6, 6.07) is 6.13. The summed E-state index contributed by atoms with van der Waals surface area (Å²) < 4.78 is 5.51. The van der Waals surface area contributed by atoms with Crippen LogP contribution in [0.3, 0.4) is 0 Å². The molecule has 0 aromatic heterocycles. The van der Waals surface area contributed by atoms with Crippen molar-refractivity contribution in [1.82, 2.24) is 0 Å². The van der Waals surface area contributed by atoms with E-state index in [1.807, 2.05) is 13.0 Å². The Morgan fingerprint density at radius 2 is 2.06 bits per heavy atom. The van der Waals surface area contributed by atoms with E-state index in [0.717, 1.165) is 30.3 Å². The minimum absolute atomic E-state index is 0.0351. The van der Waals surface area contributed by atoms with Gasteiger partial charge in [-0.25, -0.2) is 0 Å². The molecule has 3 heteroatoms. The van der Waals surface area contributed by atoms with E-state index in [0.29, 0.717) is 6.61 Å². The maximum absolute atomic E-state index is 9.41. The number of hydrogen-bond acceptors (Lipinski definition) is 3. The molecule has 0 unspecified atom stereocenters. The quantitative estimate of drug-likeness (QED) is 0.890. The van der Waals surface area contributed by atoms with Gasteiger partial charge in [-0.15, -0.1) is 0 Å². The predicted octanol–water partition coefficient (Wildman–Crippen LogP) is 2.81. The highest BCUT2D eigenvalue weighted by atomic mass is 16.5. The van der Waals surface area contributed by atoms with Gasteiger partial charge >= 0.3 is 0 Å². The minimum atomic E-state index is 0.0351. The average Bonchev–Trinajstić information content (AvgIpc) is 2.40. The van der Waals surface area contributed by atoms with Gasteiger partial charge in [0, 0.05) is 24.3 Å². The Kier molecular flexibility index (Phi) is 4.48. The first kappa shape index (κ1) is 13.2. The van der Waals surface area contributed by atoms with Crippen LogP contribution in [-0.4, -0.2) is 24.8 Å². The molecule has 0 radical (unpaired) electrons. The molecule has 0 aliphatic carbocycles. The fourth-order valence-electron chi connectivity index (χ4n) is 2.45. The topological polar surface area (TPSA) is 32.7 Å². The number of aliphatic hydroxyl groups is 1. The summed E-state index contributed by atoms with van der Waals surface area (Å²) in [5.74, 6) is 1.63. The summed E-state index contributed by atoms with van der Waals surface area (Å²) in [6.45, 7) is 7.16. The second-order valence-corrected chi connectivity index (χ2v) is 5.05. The molecule has 100 valence electrons. The SMILES string of the molecule is CCOc1ccc(N2CCC(C)CC2)cc1CO. The van der Waals surface area contributed by atoms with Crippen molar-refractivity contribution in [2.45, 2.75) is 33.3 Å². The van der Waals surface area contributed by atoms with Gasteiger partial charge in [0.25, 0.3) is 0 Å². The van der Waals surface area contributed by atoms with Gasteiger partial charge in [-0.2, -0.15) is 0 Å². The van der Waals surface area contributed by atoms with Gasteiger partial charge in [0.1, 0.15) is 5.75 Å². The highest BCUT2D eigenvalue weighted by molar-refractivity contribution is 5.53. The van der Waals surface area contributed by atoms with Crippen molar-refractivity contribution in [3.63, 3.8) is 0 Å². The highest BCUT2D eigenvalue weighted by Gasteiger charge is 2.17. The smallest absolute Gasteiger partial charge is 0.124 e. The van der Waals surface area contributed by atoms with E-state index < -0.39 is 0 Å². The summed E-state index contributed by atoms with van der Waals surface area (Å²) in [4.78, 5) is 2.40. The van der Waals surface area contributed by atoms with E-state index in [-0.39, 0.29) is 6.61 Å². The Morgan fingerprint density at radius 3 is 2.67 bits per heavy atom. The van der Waals surface area contributed by atoms with Crippen LogP contribution < -0.4 is 9.64 Å². The minimum Gasteiger partial charge on any atom is -0.494 e. The van der Waals surface area contributed by atoms with Crippen molar-refractivity contribution in [3.8, 4) is 5.75 Å². The zero-order valence-corrected chi connectivity index (χ0v) is 11.4. The molecule has 1 aliphatic heterocycles. The largest absolute Gasteiger partial charge is 0.494 e. The Morgan fingerprint density at radius 1 is 1.33 bits per heavy atom. The lowest BCUT2D eigenvalue weighted by Gasteiger charge is -2.32. The molecule has 0 bridgehead atoms. The lowest BCUT2D eigenvalue weighted by Crippen LogP contribution is -2.32. The number of rotatable bonds is 4. The molecule has 0 atom stereocenters. The van der Waals surface area contributed by atoms with Crippen LogP contribution in [0.15, 0.2) is 18.2 Å². The molecule has 3 nitrogen and oxygen atoms in total. The number of anilines is 1. The van der Waals surface area contributed by atoms with E-state index in [2.05, 4.69) is 24.0 Å². The number of hydrogen-bond donors (Lipinski definition) is 1. The molecule has 1 aromatic carbocycles. The number of aliphatic hydroxyl groups excluding tert-OH is 1. The maximum Gasteiger partial charge on any atom is 0.124 e. The molecule has 1 heterocycles. The third-order valence-electron chi connectivity index (χ3n) is 3.66. The fourth-order valence-corrected chi connectivity index (χ4v) is 2.45. The van der Waals surface area contributed by atoms with Gasteiger partial charge in [0.15, 0.2) is 0 Å². The van der Waals surface area contributed by atoms with E-state index in [4.69, 9.17) is 4.74 Å². The van der Waals surface area contributed by atoms with Crippen LogP contribution in [0.1, 0.15) is 32.3 Å². The van der Waals surface area contributed by atoms with Crippen LogP contribution >= 0.6 is 0 Å². The number of ether oxygens (including phenoxy) is 1. The normalized spacial score (nSPS) is 16.9. The molecule has 1 N–H and O–H groups in total. The van der Waals surface area contributed by atoms with Crippen LogP contribution in [-0.2, 0) is 6.61 Å². The lowest BCUT2D eigenvalue weighted by molar-refractivity contribution is 0.267. The molecule has 2 rings (SSSR count). The van der Waals surface area contributed by atoms with Crippen molar-refractivity contribution in [3.05, 3.63) is 23.8 Å². The van der Waals surface area contributed by atoms with Gasteiger partial charge < -0.3 is 14.7 Å². The third kappa shape index (κ3) is 2.96. The van der Waals surface area contributed by atoms with Gasteiger partial charge in [0.05, 0.1) is 13.2 Å². The number of nitrogens with zero attached hydrogens (tertiary/aromatic N) is 1. The first-order valence-corrected chi connectivity index (χ1v) is 6.86. The molecule has 1 fully saturated rings. The fraction of sp³-hybridized carbons (Fsp3) is 0.600. The van der Waals surface area contributed by atoms with Crippen LogP contribution in [0.4, 0.5) is 5.69 Å². The highest BCUT2D eigenvalue weighted by Crippen LogP contribution is 2.28. The van der Waals surface area contributed by atoms with Gasteiger partial charge in [-0.3, -0.25) is 0 Å². The summed E-state index contributed by atoms with van der Waals surface area (Å²) in [5.41, 5.74) is 2.09. The van der Waals surface area contributed by atoms with Crippen molar-refractivity contribution in [1.29, 1.82) is 0 Å². The van der Waals surface area contributed by atoms with Crippen molar-refractivity contribution < 1.29 is 9.84 Å². The molecule has 0 spiro atoms. The molecule has 0 amide bonds. The standard InChI is InChI=1S/C15H23NO2/c1-3-18-15-5-4-14(10-13(15)11-17)16-8-6-12(2)7-9-16/h4-5,10,12,17H,3,6-9,11H2,1-2H3. The Bertz CT molecular complexity index is 384. The van der Waals surface area contributed by atoms with Crippen LogP contribution in [0.25, 0.3) is 0 Å². The lowest BCUT2D eigenvalue weighted by atomic mass is 9.98. The summed E-state index contributed by atoms with van der Waals surface area (Å²) in [5, 5.41) is 9.41. The molecule has 1 aliphatic rings. The van der Waals surface area contributed by atoms with E-state index in [1.165, 1.54) is 18.5 Å². The van der Waals surface area contributed by atoms with Crippen molar-refractivity contribution in [2.24, 2.45) is 5.92 Å². The Balaban J connectivity index is 2.14. The van der Waals surface area contributed by atoms with E-state index in [9.17, 15) is 5.11 Å². The monoisotopic (exact) mass is 249 g/mol. The number of piperidine rings is 1. The van der Waals surface area contributed by atoms with Crippen LogP contribution in [0, 0.1) is 5.92 Å². The summed E-state index contributed by atoms with van der Waals surface area (Å²) in [6.07, 6.45) is 2.50. The first-order valence-electron chi connectivity index (χ1n) is 6.86. The van der Waals surface area contributed by atoms with Crippen LogP contribution in [0.2, 0.25) is 0 Å². The molecular weight excluding hydrogens is 226 g/mol. The van der Waals surface area contributed by atoms with Crippen LogP contribution in [0.5, 0.6) is 5.75 Å². The molecular formula is C15H23NO2. The molecule has 0 saturated carbocycles. The second kappa shape index (κ2) is 6.10. The second-order valence-electron chi connectivity index (χ2n) is 5.05. The third-order valence-corrected chi connectivity index (χ3v) is 3.66. The Hall–Kier alpha value is -1.22. The van der Waals surface area contributed by atoms with E-state index >= 15 is 0 Å². The average molecular weight is 249 g/mol. The summed E-state index contributed by atoms with van der Waals surface area (Å²) in [7, 11) is 0. The number of benzene rings is 1. The van der Waals surface area contributed by atoms with E-state index in [1.54, 1.807) is 0 Å². The predicted molar refractivity (Wildman–Crippen MR) is 74.1 cm³/mol. The zero-order valence-electron chi connectivity index (χ0n) is 11.4.